The van der Waals surface area contributed by atoms with Gasteiger partial charge in [0.2, 0.25) is 0 Å². The highest BCUT2D eigenvalue weighted by molar-refractivity contribution is 7.99. The summed E-state index contributed by atoms with van der Waals surface area (Å²) in [6, 6.07) is 5.61. The molecule has 8 aromatic rings. The van der Waals surface area contributed by atoms with E-state index in [2.05, 4.69) is 64.2 Å². The molecule has 4 fully saturated rings. The molecule has 12 rings (SSSR count). The first-order chi connectivity index (χ1) is 60.9. The number of aromatic nitrogens is 14. The van der Waals surface area contributed by atoms with Gasteiger partial charge in [-0.05, 0) is 82.2 Å². The van der Waals surface area contributed by atoms with Crippen molar-refractivity contribution in [2.75, 3.05) is 60.9 Å². The third-order valence-corrected chi connectivity index (χ3v) is 24.4. The third kappa shape index (κ3) is 27.4. The number of nitrogens with one attached hydrogen (secondary N) is 1. The molecule has 0 saturated carbocycles. The van der Waals surface area contributed by atoms with Crippen LogP contribution in [-0.2, 0) is 88.1 Å². The molecule has 62 heteroatoms. The molecule has 0 aromatic carbocycles. The molecular formula is C67H90N22O34P4S2. The second-order valence-corrected chi connectivity index (χ2v) is 37.1. The number of nitrogen functional groups attached to an aromatic ring is 4. The van der Waals surface area contributed by atoms with Gasteiger partial charge in [0.25, 0.3) is 0 Å². The van der Waals surface area contributed by atoms with Crippen LogP contribution in [0.1, 0.15) is 110 Å². The number of phosphoric ester groups is 4. The predicted octanol–water partition coefficient (Wildman–Crippen LogP) is 2.17. The fourth-order valence-electron chi connectivity index (χ4n) is 13.3. The summed E-state index contributed by atoms with van der Waals surface area (Å²) in [4.78, 5) is 186. The van der Waals surface area contributed by atoms with Crippen LogP contribution < -0.4 is 45.4 Å². The second-order valence-electron chi connectivity index (χ2n) is 29.7. The van der Waals surface area contributed by atoms with Crippen LogP contribution in [0.25, 0.3) is 22.3 Å². The van der Waals surface area contributed by atoms with Crippen molar-refractivity contribution in [3.05, 3.63) is 128 Å². The minimum Gasteiger partial charge on any atom is -0.455 e. The van der Waals surface area contributed by atoms with Gasteiger partial charge in [-0.2, -0.15) is 9.97 Å². The summed E-state index contributed by atoms with van der Waals surface area (Å²) < 4.78 is 125. The number of imidazole rings is 2. The van der Waals surface area contributed by atoms with E-state index in [0.717, 1.165) is 21.8 Å². The molecule has 4 aliphatic heterocycles. The van der Waals surface area contributed by atoms with Crippen molar-refractivity contribution in [3.8, 4) is 0 Å². The third-order valence-electron chi connectivity index (χ3n) is 19.2. The fraction of sp³-hybridized carbons (Fsp3) is 0.537. The van der Waals surface area contributed by atoms with Gasteiger partial charge in [-0.3, -0.25) is 70.4 Å². The lowest BCUT2D eigenvalue weighted by Gasteiger charge is -2.26. The topological polar surface area (TPSA) is 812 Å². The molecule has 1 amide bonds. The van der Waals surface area contributed by atoms with E-state index in [1.54, 1.807) is 20.8 Å². The van der Waals surface area contributed by atoms with Crippen molar-refractivity contribution in [3.63, 3.8) is 0 Å². The Morgan fingerprint density at radius 2 is 0.984 bits per heavy atom. The number of carbonyl (C=O) groups excluding carboxylic acids is 3. The highest BCUT2D eigenvalue weighted by Gasteiger charge is 2.53. The van der Waals surface area contributed by atoms with E-state index in [1.807, 2.05) is 0 Å². The Morgan fingerprint density at radius 1 is 0.566 bits per heavy atom. The first kappa shape index (κ1) is 99.8. The Morgan fingerprint density at radius 3 is 1.40 bits per heavy atom. The minimum absolute atomic E-state index is 0.0141. The molecule has 129 heavy (non-hydrogen) atoms. The molecule has 18 atom stereocenters. The molecule has 4 saturated heterocycles. The number of hydrogen-bond donors (Lipinski definition) is 14. The quantitative estimate of drug-likeness (QED) is 0.00496. The predicted molar refractivity (Wildman–Crippen MR) is 441 cm³/mol. The van der Waals surface area contributed by atoms with E-state index in [0.29, 0.717) is 50.0 Å². The maximum atomic E-state index is 14.1. The molecule has 0 bridgehead atoms. The summed E-state index contributed by atoms with van der Waals surface area (Å²) in [7, 11) is -20.6. The zero-order valence-corrected chi connectivity index (χ0v) is 73.2. The van der Waals surface area contributed by atoms with Crippen molar-refractivity contribution < 1.29 is 142 Å². The largest absolute Gasteiger partial charge is 0.472 e. The number of thioether (sulfide) groups is 2. The smallest absolute Gasteiger partial charge is 0.455 e. The van der Waals surface area contributed by atoms with E-state index >= 15 is 0 Å². The number of anilines is 4. The number of ether oxygens (including phenoxy) is 7. The van der Waals surface area contributed by atoms with Gasteiger partial charge in [-0.15, -0.1) is 0 Å². The molecule has 19 N–H and O–H groups in total. The summed E-state index contributed by atoms with van der Waals surface area (Å²) in [5.74, 6) is -1.30. The van der Waals surface area contributed by atoms with Crippen LogP contribution in [0.5, 0.6) is 0 Å². The molecule has 0 aliphatic carbocycles. The Kier molecular flexibility index (Phi) is 33.7. The maximum Gasteiger partial charge on any atom is 0.472 e. The minimum atomic E-state index is -5.27. The van der Waals surface area contributed by atoms with E-state index in [9.17, 15) is 102 Å². The number of nitrogens with two attached hydrogens (primary N) is 5. The van der Waals surface area contributed by atoms with E-state index in [-0.39, 0.29) is 92.7 Å². The first-order valence-electron chi connectivity index (χ1n) is 38.7. The Hall–Kier alpha value is -9.77. The lowest BCUT2D eigenvalue weighted by molar-refractivity contribution is -0.388. The highest BCUT2D eigenvalue weighted by Crippen LogP contribution is 2.52. The second kappa shape index (κ2) is 43.5. The molecule has 4 aliphatic rings. The van der Waals surface area contributed by atoms with Crippen molar-refractivity contribution in [1.82, 2.24) is 73.4 Å². The van der Waals surface area contributed by atoms with Crippen molar-refractivity contribution in [1.29, 1.82) is 0 Å². The number of nitrogens with zero attached hydrogens (tertiary/aromatic N) is 16. The number of phosphoric acid groups is 4. The molecule has 704 valence electrons. The Balaban J connectivity index is 0.000000251. The number of unbranched alkanes of at least 4 members (excludes halogenated alkanes) is 4. The molecule has 2 unspecified atom stereocenters. The molecular weight excluding hydrogens is 1840 g/mol. The van der Waals surface area contributed by atoms with Crippen molar-refractivity contribution >= 4 is 130 Å². The van der Waals surface area contributed by atoms with E-state index in [4.69, 9.17) is 79.9 Å². The zero-order chi connectivity index (χ0) is 93.6. The van der Waals surface area contributed by atoms with Crippen LogP contribution in [-0.4, -0.2) is 252 Å². The van der Waals surface area contributed by atoms with Gasteiger partial charge in [0.15, 0.2) is 57.6 Å². The number of hydrogen-bond acceptors (Lipinski definition) is 45. The summed E-state index contributed by atoms with van der Waals surface area (Å²) in [5, 5.41) is 48.9. The Bertz CT molecular complexity index is 5620. The van der Waals surface area contributed by atoms with Crippen molar-refractivity contribution in [2.24, 2.45) is 5.73 Å². The molecule has 56 nitrogen and oxygen atoms in total. The number of aliphatic hydroxyl groups is 2. The SMILES string of the molecule is CC(C)(C)OC(=O)N[C@@H](CCCCCSc1ncccc1[N+](=O)[O-])C(=O)O[C@H]1[C@@H](O)[C@H](n2cnc3c(N)ncnc32)O[C@@H]1COP(=O)(O)O[C@H]1C[C@H](n2ccc(N)nc2=O)O[C@@H]1COP(=O)(O)O.Nc1ccn([C@H]2C[C@H](OP(=O)(O)OC[C@H]3O[C@@H](n4cnc5c(N)ncnc54)[C@H](O)[C@@H]3OC(=O)[C@@H](N)CCCCCSc3ncccc3[N+](=O)[O-])[C@@H](COP(=O)(O)O)O2)c(=O)n1. The number of alkyl carbamates (subject to hydrolysis) is 1. The van der Waals surface area contributed by atoms with Gasteiger partial charge < -0.3 is 107 Å². The van der Waals surface area contributed by atoms with E-state index in [1.165, 1.54) is 106 Å². The lowest BCUT2D eigenvalue weighted by Crippen LogP contribution is -2.47. The average molecular weight is 1940 g/mol. The normalized spacial score (nSPS) is 23.8. The molecule has 0 radical (unpaired) electrons. The number of carbonyl (C=O) groups is 3. The highest BCUT2D eigenvalue weighted by atomic mass is 32.2. The number of pyridine rings is 2. The van der Waals surface area contributed by atoms with Gasteiger partial charge in [0.05, 0.1) is 48.9 Å². The lowest BCUT2D eigenvalue weighted by atomic mass is 10.1. The van der Waals surface area contributed by atoms with Crippen LogP contribution in [0, 0.1) is 20.2 Å². The fourth-order valence-corrected chi connectivity index (χ4v) is 17.9. The van der Waals surface area contributed by atoms with Gasteiger partial charge in [-0.1, -0.05) is 49.2 Å². The number of fused-ring (bicyclic) bond motifs is 2. The molecule has 0 spiro atoms. The number of esters is 2. The van der Waals surface area contributed by atoms with Crippen LogP contribution in [0.15, 0.2) is 106 Å². The average Bonchev–Trinajstić information content (AvgIpc) is 1.62. The summed E-state index contributed by atoms with van der Waals surface area (Å²) in [6.45, 7) is 1.32. The van der Waals surface area contributed by atoms with Gasteiger partial charge >= 0.3 is 72.1 Å². The molecule has 8 aromatic heterocycles. The number of nitro groups is 2. The Labute approximate surface area is 735 Å². The van der Waals surface area contributed by atoms with Crippen LogP contribution >= 0.6 is 54.8 Å². The maximum absolute atomic E-state index is 14.1. The van der Waals surface area contributed by atoms with Crippen LogP contribution in [0.4, 0.5) is 39.4 Å². The zero-order valence-electron chi connectivity index (χ0n) is 68.0. The molecule has 12 heterocycles. The van der Waals surface area contributed by atoms with Gasteiger partial charge in [0.1, 0.15) is 114 Å². The van der Waals surface area contributed by atoms with E-state index < -0.39 is 201 Å². The summed E-state index contributed by atoms with van der Waals surface area (Å²) in [5.41, 5.74) is 26.7. The summed E-state index contributed by atoms with van der Waals surface area (Å²) in [6.07, 6.45) is -9.42. The summed E-state index contributed by atoms with van der Waals surface area (Å²) >= 11 is 2.41. The van der Waals surface area contributed by atoms with Crippen LogP contribution in [0.3, 0.4) is 0 Å². The van der Waals surface area contributed by atoms with Gasteiger partial charge in [0, 0.05) is 49.8 Å². The number of amides is 1. The van der Waals surface area contributed by atoms with Crippen LogP contribution in [0.2, 0.25) is 0 Å². The monoisotopic (exact) mass is 1930 g/mol. The van der Waals surface area contributed by atoms with Crippen molar-refractivity contribution in [2.45, 2.75) is 199 Å². The number of rotatable bonds is 41. The number of aliphatic hydroxyl groups excluding tert-OH is 2. The first-order valence-corrected chi connectivity index (χ1v) is 46.8. The standard InChI is InChI=1S/C36H49N11O18P2S.C31H41N11O16P2S/c1-36(2,3)64-35(51)43-19(8-5-4-6-13-68-31-20(47(52)53)9-7-11-39-31)33(49)63-28-23(62-32(27(28)48)46-18-42-26-29(38)40-17-41-30(26)46)16-60-67(57,58)65-21-14-25(45-12-10-24(37)44-34(45)50)61-22(21)15-59-66(54,55)56;32-16(5-2-1-3-10-61-28-17(42(46)47)6-4-8-35-28)30(44)57-25-20(56-29(24(25)43)41-15-38-23-26(34)36-14-37-27(23)41)13-54-60(51,52)58-18-11-22(40-9-7-21(33)39-31(40)45)55-19(18)12-53-59(48,49)50/h7,9-12,17-19,21-23,25,27-28,32,48H,4-6,8,13-16H2,1-3H3,(H,43,51)(H,57,58)(H2,37,44,50)(H2,38,40,41)(H2,54,55,56);4,6-9,14-16,18-20,22,24-25,29,43H,1-3,5,10-13,32H2,(H,51,52)(H2,33,39,45)(H2,34,36,37)(H2,48,49,50)/t19-,21-,22+,23+,25+,27+,28+,32+;16-,18-,19+,20+,22+,24+,25+,29+/m00/s1. The van der Waals surface area contributed by atoms with Gasteiger partial charge in [-0.25, -0.2) is 77.3 Å².